The van der Waals surface area contributed by atoms with E-state index in [1.807, 2.05) is 61.5 Å². The van der Waals surface area contributed by atoms with E-state index in [4.69, 9.17) is 4.42 Å². The average molecular weight is 384 g/mol. The highest BCUT2D eigenvalue weighted by Gasteiger charge is 2.31. The summed E-state index contributed by atoms with van der Waals surface area (Å²) in [6, 6.07) is 34.6. The van der Waals surface area contributed by atoms with Gasteiger partial charge >= 0.3 is 0 Å². The second-order valence-electron chi connectivity index (χ2n) is 6.57. The second-order valence-corrected chi connectivity index (χ2v) is 10.1. The van der Waals surface area contributed by atoms with Gasteiger partial charge in [-0.05, 0) is 41.9 Å². The monoisotopic (exact) mass is 384 g/mol. The van der Waals surface area contributed by atoms with E-state index in [0.29, 0.717) is 5.76 Å². The Morgan fingerprint density at radius 3 is 1.43 bits per heavy atom. The summed E-state index contributed by atoms with van der Waals surface area (Å²) >= 11 is 0. The van der Waals surface area contributed by atoms with Crippen molar-refractivity contribution in [2.75, 3.05) is 0 Å². The van der Waals surface area contributed by atoms with Crippen molar-refractivity contribution < 1.29 is 9.21 Å². The first kappa shape index (κ1) is 18.3. The van der Waals surface area contributed by atoms with Crippen molar-refractivity contribution in [3.8, 4) is 0 Å². The molecule has 4 rings (SSSR count). The van der Waals surface area contributed by atoms with E-state index < -0.39 is 6.89 Å². The van der Waals surface area contributed by atoms with Crippen molar-refractivity contribution >= 4 is 33.9 Å². The highest BCUT2D eigenvalue weighted by molar-refractivity contribution is 7.96. The van der Waals surface area contributed by atoms with E-state index in [1.165, 1.54) is 0 Å². The molecular weight excluding hydrogens is 363 g/mol. The Kier molecular flexibility index (Phi) is 5.14. The zero-order chi connectivity index (χ0) is 19.4. The maximum absolute atomic E-state index is 13.5. The van der Waals surface area contributed by atoms with Gasteiger partial charge in [0.1, 0.15) is 0 Å². The molecule has 0 N–H and O–H groups in total. The fraction of sp³-hybridized carbons (Fsp3) is 0.0400. The molecule has 1 aromatic heterocycles. The minimum atomic E-state index is -2.33. The molecule has 1 heterocycles. The number of benzene rings is 3. The summed E-state index contributed by atoms with van der Waals surface area (Å²) < 4.78 is 5.47. The molecule has 0 aliphatic heterocycles. The Labute approximate surface area is 165 Å². The van der Waals surface area contributed by atoms with Crippen LogP contribution in [0.5, 0.6) is 0 Å². The highest BCUT2D eigenvalue weighted by atomic mass is 31.2. The molecule has 28 heavy (non-hydrogen) atoms. The molecule has 0 atom stereocenters. The molecule has 0 saturated heterocycles. The number of carbonyl (C=O) groups is 1. The Bertz CT molecular complexity index is 1010. The van der Waals surface area contributed by atoms with Gasteiger partial charge in [-0.15, -0.1) is 0 Å². The van der Waals surface area contributed by atoms with Gasteiger partial charge in [-0.3, -0.25) is 4.79 Å². The van der Waals surface area contributed by atoms with Crippen LogP contribution in [0.3, 0.4) is 0 Å². The van der Waals surface area contributed by atoms with Crippen LogP contribution in [0, 0.1) is 0 Å². The highest BCUT2D eigenvalue weighted by Crippen LogP contribution is 2.46. The lowest BCUT2D eigenvalue weighted by atomic mass is 10.2. The number of ketones is 1. The van der Waals surface area contributed by atoms with Gasteiger partial charge in [0, 0.05) is 5.29 Å². The number of rotatable bonds is 5. The van der Waals surface area contributed by atoms with Crippen molar-refractivity contribution in [1.29, 1.82) is 0 Å². The van der Waals surface area contributed by atoms with Crippen molar-refractivity contribution in [3.05, 3.63) is 115 Å². The first-order chi connectivity index (χ1) is 13.7. The van der Waals surface area contributed by atoms with E-state index in [9.17, 15) is 4.79 Å². The molecule has 3 aromatic carbocycles. The van der Waals surface area contributed by atoms with E-state index in [-0.39, 0.29) is 5.78 Å². The van der Waals surface area contributed by atoms with Crippen LogP contribution in [-0.2, 0) is 0 Å². The predicted octanol–water partition coefficient (Wildman–Crippen LogP) is 4.65. The van der Waals surface area contributed by atoms with E-state index in [2.05, 4.69) is 36.4 Å². The molecule has 0 saturated carbocycles. The molecule has 0 bridgehead atoms. The lowest BCUT2D eigenvalue weighted by Gasteiger charge is -2.31. The maximum Gasteiger partial charge on any atom is 0.224 e. The summed E-state index contributed by atoms with van der Waals surface area (Å²) in [7, 11) is 0. The van der Waals surface area contributed by atoms with Gasteiger partial charge in [0.05, 0.1) is 6.26 Å². The Balaban J connectivity index is 2.17. The summed E-state index contributed by atoms with van der Waals surface area (Å²) in [5.74, 6) is 0.333. The normalized spacial score (nSPS) is 11.2. The minimum Gasteiger partial charge on any atom is -0.461 e. The van der Waals surface area contributed by atoms with Crippen molar-refractivity contribution in [3.63, 3.8) is 0 Å². The SMILES string of the molecule is CC(C(=O)c1ccco1)=P(c1ccccc1)(c1ccccc1)c1ccccc1. The summed E-state index contributed by atoms with van der Waals surface area (Å²) in [4.78, 5) is 13.5. The average Bonchev–Trinajstić information content (AvgIpc) is 3.31. The van der Waals surface area contributed by atoms with Gasteiger partial charge in [-0.2, -0.15) is 0 Å². The molecule has 4 aromatic rings. The van der Waals surface area contributed by atoms with E-state index >= 15 is 0 Å². The van der Waals surface area contributed by atoms with Gasteiger partial charge in [0.25, 0.3) is 0 Å². The third-order valence-corrected chi connectivity index (χ3v) is 9.43. The fourth-order valence-corrected chi connectivity index (χ4v) is 8.05. The van der Waals surface area contributed by atoms with Crippen molar-refractivity contribution in [2.24, 2.45) is 0 Å². The summed E-state index contributed by atoms with van der Waals surface area (Å²) in [6.45, 7) is -0.370. The van der Waals surface area contributed by atoms with Gasteiger partial charge in [-0.25, -0.2) is 0 Å². The number of carbonyl (C=O) groups excluding carboxylic acids is 1. The van der Waals surface area contributed by atoms with Crippen LogP contribution in [-0.4, -0.2) is 11.1 Å². The quantitative estimate of drug-likeness (QED) is 0.370. The first-order valence-corrected chi connectivity index (χ1v) is 11.0. The van der Waals surface area contributed by atoms with Crippen molar-refractivity contribution in [2.45, 2.75) is 6.92 Å². The van der Waals surface area contributed by atoms with Crippen LogP contribution in [0.4, 0.5) is 0 Å². The van der Waals surface area contributed by atoms with Gasteiger partial charge in [0.15, 0.2) is 5.76 Å². The Hall–Kier alpha value is -3.09. The number of hydrogen-bond donors (Lipinski definition) is 0. The molecular formula is C25H21O2P. The zero-order valence-electron chi connectivity index (χ0n) is 15.7. The van der Waals surface area contributed by atoms with Gasteiger partial charge in [0.2, 0.25) is 5.78 Å². The predicted molar refractivity (Wildman–Crippen MR) is 119 cm³/mol. The molecule has 0 spiro atoms. The third kappa shape index (κ3) is 3.06. The number of hydrogen-bond acceptors (Lipinski definition) is 2. The fourth-order valence-electron chi connectivity index (χ4n) is 3.72. The second kappa shape index (κ2) is 7.88. The third-order valence-electron chi connectivity index (χ3n) is 5.01. The van der Waals surface area contributed by atoms with Crippen molar-refractivity contribution in [1.82, 2.24) is 0 Å². The molecule has 0 fully saturated rings. The Morgan fingerprint density at radius 2 is 1.07 bits per heavy atom. The van der Waals surface area contributed by atoms with Crippen LogP contribution in [0.25, 0.3) is 0 Å². The van der Waals surface area contributed by atoms with Crippen LogP contribution < -0.4 is 15.9 Å². The molecule has 0 aliphatic rings. The van der Waals surface area contributed by atoms with Crippen LogP contribution in [0.1, 0.15) is 17.5 Å². The minimum absolute atomic E-state index is 0.0464. The summed E-state index contributed by atoms with van der Waals surface area (Å²) in [5.41, 5.74) is 0. The van der Waals surface area contributed by atoms with Gasteiger partial charge in [-0.1, -0.05) is 91.0 Å². The van der Waals surface area contributed by atoms with Crippen LogP contribution in [0.2, 0.25) is 0 Å². The topological polar surface area (TPSA) is 30.2 Å². The zero-order valence-corrected chi connectivity index (χ0v) is 16.6. The van der Waals surface area contributed by atoms with Gasteiger partial charge < -0.3 is 4.42 Å². The lowest BCUT2D eigenvalue weighted by molar-refractivity contribution is 0.104. The molecule has 3 heteroatoms. The largest absolute Gasteiger partial charge is 0.461 e. The maximum atomic E-state index is 13.5. The summed E-state index contributed by atoms with van der Waals surface area (Å²) in [5, 5.41) is 4.28. The number of furan rings is 1. The molecule has 0 unspecified atom stereocenters. The molecule has 2 nitrogen and oxygen atoms in total. The van der Waals surface area contributed by atoms with E-state index in [1.54, 1.807) is 18.4 Å². The molecule has 0 radical (unpaired) electrons. The van der Waals surface area contributed by atoms with E-state index in [0.717, 1.165) is 21.2 Å². The Morgan fingerprint density at radius 1 is 0.643 bits per heavy atom. The standard InChI is InChI=1S/C25H21O2P/c1-20(25(26)24-18-11-19-27-24)28(21-12-5-2-6-13-21,22-14-7-3-8-15-22)23-16-9-4-10-17-23/h2-19H,1H3. The number of Topliss-reactive ketones (excluding diaryl/α,β-unsaturated/α-hetero) is 1. The van der Waals surface area contributed by atoms with Crippen LogP contribution in [0.15, 0.2) is 114 Å². The summed E-state index contributed by atoms with van der Waals surface area (Å²) in [6.07, 6.45) is 1.55. The molecule has 0 aliphatic carbocycles. The smallest absolute Gasteiger partial charge is 0.224 e. The lowest BCUT2D eigenvalue weighted by Crippen LogP contribution is -2.32. The first-order valence-electron chi connectivity index (χ1n) is 9.23. The van der Waals surface area contributed by atoms with Crippen LogP contribution >= 0.6 is 6.89 Å². The molecule has 0 amide bonds. The molecule has 138 valence electrons.